The van der Waals surface area contributed by atoms with Gasteiger partial charge in [-0.15, -0.1) is 0 Å². The zero-order valence-corrected chi connectivity index (χ0v) is 14.2. The number of aliphatic hydroxyl groups excluding tert-OH is 2. The third-order valence-corrected chi connectivity index (χ3v) is 3.61. The van der Waals surface area contributed by atoms with Crippen LogP contribution in [0.1, 0.15) is 45.6 Å². The molecule has 2 N–H and O–H groups in total. The van der Waals surface area contributed by atoms with Gasteiger partial charge in [-0.25, -0.2) is 0 Å². The van der Waals surface area contributed by atoms with Crippen LogP contribution < -0.4 is 0 Å². The number of carbonyl (C=O) groups excluding carboxylic acids is 1. The lowest BCUT2D eigenvalue weighted by Gasteiger charge is -2.24. The van der Waals surface area contributed by atoms with E-state index in [0.717, 1.165) is 5.56 Å². The predicted octanol–water partition coefficient (Wildman–Crippen LogP) is 2.44. The Morgan fingerprint density at radius 1 is 1.17 bits per heavy atom. The van der Waals surface area contributed by atoms with Crippen molar-refractivity contribution in [2.75, 3.05) is 6.61 Å². The normalized spacial score (nSPS) is 14.3. The molecule has 0 amide bonds. The molecular formula is C18H28O5. The first-order valence-corrected chi connectivity index (χ1v) is 8.02. The zero-order valence-electron chi connectivity index (χ0n) is 14.2. The molecule has 0 aromatic heterocycles. The van der Waals surface area contributed by atoms with E-state index in [1.54, 1.807) is 0 Å². The van der Waals surface area contributed by atoms with Crippen LogP contribution in [0.4, 0.5) is 0 Å². The first-order chi connectivity index (χ1) is 10.8. The Hall–Kier alpha value is -1.43. The van der Waals surface area contributed by atoms with Crippen molar-refractivity contribution in [2.24, 2.45) is 0 Å². The number of ether oxygens (including phenoxy) is 2. The second kappa shape index (κ2) is 9.65. The number of aliphatic hydroxyl groups is 2. The lowest BCUT2D eigenvalue weighted by molar-refractivity contribution is -0.159. The molecule has 0 aliphatic carbocycles. The van der Waals surface area contributed by atoms with E-state index >= 15 is 0 Å². The van der Waals surface area contributed by atoms with Crippen molar-refractivity contribution in [3.63, 3.8) is 0 Å². The van der Waals surface area contributed by atoms with E-state index < -0.39 is 23.8 Å². The quantitative estimate of drug-likeness (QED) is 0.647. The molecule has 1 unspecified atom stereocenters. The minimum absolute atomic E-state index is 0.0798. The Morgan fingerprint density at radius 2 is 1.83 bits per heavy atom. The number of rotatable bonds is 10. The molecule has 0 aliphatic heterocycles. The van der Waals surface area contributed by atoms with Crippen LogP contribution in [0, 0.1) is 0 Å². The molecule has 5 heteroatoms. The number of hydrogen-bond acceptors (Lipinski definition) is 5. The van der Waals surface area contributed by atoms with E-state index in [0.29, 0.717) is 13.0 Å². The zero-order chi connectivity index (χ0) is 17.3. The average Bonchev–Trinajstić information content (AvgIpc) is 2.47. The van der Waals surface area contributed by atoms with Crippen LogP contribution in [-0.2, 0) is 20.9 Å². The summed E-state index contributed by atoms with van der Waals surface area (Å²) >= 11 is 0. The van der Waals surface area contributed by atoms with Crippen LogP contribution in [0.15, 0.2) is 30.3 Å². The van der Waals surface area contributed by atoms with Crippen molar-refractivity contribution in [1.29, 1.82) is 0 Å². The topological polar surface area (TPSA) is 76.0 Å². The van der Waals surface area contributed by atoms with Gasteiger partial charge in [-0.05, 0) is 25.8 Å². The van der Waals surface area contributed by atoms with E-state index in [9.17, 15) is 15.0 Å². The van der Waals surface area contributed by atoms with Gasteiger partial charge in [0.25, 0.3) is 0 Å². The summed E-state index contributed by atoms with van der Waals surface area (Å²) in [4.78, 5) is 11.7. The summed E-state index contributed by atoms with van der Waals surface area (Å²) in [5.74, 6) is -0.457. The highest BCUT2D eigenvalue weighted by Crippen LogP contribution is 2.16. The first kappa shape index (κ1) is 19.6. The SMILES string of the molecule is CCC(C)(C)OC(=O)C[C@H](O)CC(O)COCc1ccccc1. The smallest absolute Gasteiger partial charge is 0.308 e. The molecule has 0 bridgehead atoms. The summed E-state index contributed by atoms with van der Waals surface area (Å²) in [6, 6.07) is 9.64. The molecule has 23 heavy (non-hydrogen) atoms. The van der Waals surface area contributed by atoms with Crippen molar-refractivity contribution in [3.05, 3.63) is 35.9 Å². The Kier molecular flexibility index (Phi) is 8.23. The van der Waals surface area contributed by atoms with E-state index in [2.05, 4.69) is 0 Å². The molecule has 1 aromatic rings. The maximum atomic E-state index is 11.7. The Morgan fingerprint density at radius 3 is 2.43 bits per heavy atom. The number of carbonyl (C=O) groups is 1. The Labute approximate surface area is 138 Å². The van der Waals surface area contributed by atoms with E-state index in [-0.39, 0.29) is 19.4 Å². The Bertz CT molecular complexity index is 458. The van der Waals surface area contributed by atoms with Gasteiger partial charge < -0.3 is 19.7 Å². The number of benzene rings is 1. The molecular weight excluding hydrogens is 296 g/mol. The molecule has 2 atom stereocenters. The Balaban J connectivity index is 2.22. The lowest BCUT2D eigenvalue weighted by atomic mass is 10.1. The molecule has 0 spiro atoms. The van der Waals surface area contributed by atoms with Gasteiger partial charge in [0.2, 0.25) is 0 Å². The van der Waals surface area contributed by atoms with Crippen LogP contribution in [0.3, 0.4) is 0 Å². The minimum Gasteiger partial charge on any atom is -0.460 e. The number of hydrogen-bond donors (Lipinski definition) is 2. The van der Waals surface area contributed by atoms with Gasteiger partial charge in [-0.3, -0.25) is 4.79 Å². The summed E-state index contributed by atoms with van der Waals surface area (Å²) in [7, 11) is 0. The molecule has 130 valence electrons. The second-order valence-corrected chi connectivity index (χ2v) is 6.34. The molecule has 0 aliphatic rings. The molecule has 0 heterocycles. The minimum atomic E-state index is -0.939. The van der Waals surface area contributed by atoms with Crippen molar-refractivity contribution >= 4 is 5.97 Å². The highest BCUT2D eigenvalue weighted by molar-refractivity contribution is 5.70. The van der Waals surface area contributed by atoms with Gasteiger partial charge in [0.1, 0.15) is 5.60 Å². The molecule has 5 nitrogen and oxygen atoms in total. The van der Waals surface area contributed by atoms with Gasteiger partial charge >= 0.3 is 5.97 Å². The van der Waals surface area contributed by atoms with Gasteiger partial charge in [0.05, 0.1) is 31.8 Å². The van der Waals surface area contributed by atoms with Crippen LogP contribution in [-0.4, -0.2) is 40.6 Å². The molecule has 0 saturated heterocycles. The van der Waals surface area contributed by atoms with Crippen molar-refractivity contribution < 1.29 is 24.5 Å². The lowest BCUT2D eigenvalue weighted by Crippen LogP contribution is -2.30. The van der Waals surface area contributed by atoms with E-state index in [1.807, 2.05) is 51.1 Å². The monoisotopic (exact) mass is 324 g/mol. The van der Waals surface area contributed by atoms with Crippen LogP contribution >= 0.6 is 0 Å². The summed E-state index contributed by atoms with van der Waals surface area (Å²) in [5, 5.41) is 19.7. The first-order valence-electron chi connectivity index (χ1n) is 8.02. The van der Waals surface area contributed by atoms with E-state index in [1.165, 1.54) is 0 Å². The largest absolute Gasteiger partial charge is 0.460 e. The summed E-state index contributed by atoms with van der Waals surface area (Å²) in [5.41, 5.74) is 0.486. The standard InChI is InChI=1S/C18H28O5/c1-4-18(2,3)23-17(21)11-15(19)10-16(20)13-22-12-14-8-6-5-7-9-14/h5-9,15-16,19-20H,4,10-13H2,1-3H3/t15-,16?/m1/s1. The number of esters is 1. The maximum Gasteiger partial charge on any atom is 0.308 e. The predicted molar refractivity (Wildman–Crippen MR) is 87.8 cm³/mol. The maximum absolute atomic E-state index is 11.7. The summed E-state index contributed by atoms with van der Waals surface area (Å²) < 4.78 is 10.7. The fourth-order valence-corrected chi connectivity index (χ4v) is 1.97. The van der Waals surface area contributed by atoms with Crippen molar-refractivity contribution in [1.82, 2.24) is 0 Å². The third kappa shape index (κ3) is 8.69. The molecule has 0 radical (unpaired) electrons. The van der Waals surface area contributed by atoms with Crippen LogP contribution in [0.5, 0.6) is 0 Å². The fraction of sp³-hybridized carbons (Fsp3) is 0.611. The third-order valence-electron chi connectivity index (χ3n) is 3.61. The van der Waals surface area contributed by atoms with Crippen molar-refractivity contribution in [3.8, 4) is 0 Å². The van der Waals surface area contributed by atoms with Gasteiger partial charge in [0, 0.05) is 6.42 Å². The fourth-order valence-electron chi connectivity index (χ4n) is 1.97. The second-order valence-electron chi connectivity index (χ2n) is 6.34. The average molecular weight is 324 g/mol. The summed E-state index contributed by atoms with van der Waals surface area (Å²) in [6.07, 6.45) is -1.10. The van der Waals surface area contributed by atoms with E-state index in [4.69, 9.17) is 9.47 Å². The molecule has 0 fully saturated rings. The van der Waals surface area contributed by atoms with Crippen LogP contribution in [0.2, 0.25) is 0 Å². The van der Waals surface area contributed by atoms with Crippen molar-refractivity contribution in [2.45, 2.75) is 64.4 Å². The highest BCUT2D eigenvalue weighted by atomic mass is 16.6. The summed E-state index contributed by atoms with van der Waals surface area (Å²) in [6.45, 7) is 6.09. The van der Waals surface area contributed by atoms with Crippen LogP contribution in [0.25, 0.3) is 0 Å². The molecule has 0 saturated carbocycles. The van der Waals surface area contributed by atoms with Gasteiger partial charge in [0.15, 0.2) is 0 Å². The molecule has 1 aromatic carbocycles. The highest BCUT2D eigenvalue weighted by Gasteiger charge is 2.23. The van der Waals surface area contributed by atoms with Gasteiger partial charge in [-0.1, -0.05) is 37.3 Å². The van der Waals surface area contributed by atoms with Gasteiger partial charge in [-0.2, -0.15) is 0 Å². The molecule has 1 rings (SSSR count).